The van der Waals surface area contributed by atoms with E-state index in [4.69, 9.17) is 11.0 Å². The summed E-state index contributed by atoms with van der Waals surface area (Å²) in [7, 11) is 1.74. The van der Waals surface area contributed by atoms with Gasteiger partial charge in [0.25, 0.3) is 0 Å². The van der Waals surface area contributed by atoms with Gasteiger partial charge in [-0.1, -0.05) is 13.3 Å². The first kappa shape index (κ1) is 14.7. The Morgan fingerprint density at radius 2 is 2.19 bits per heavy atom. The van der Waals surface area contributed by atoms with Crippen molar-refractivity contribution >= 4 is 17.3 Å². The molecule has 0 saturated carbocycles. The Morgan fingerprint density at radius 3 is 2.76 bits per heavy atom. The number of nitrogen functional groups attached to an aromatic ring is 1. The Bertz CT molecular complexity index is 701. The van der Waals surface area contributed by atoms with E-state index in [9.17, 15) is 0 Å². The molecule has 0 fully saturated rings. The van der Waals surface area contributed by atoms with Gasteiger partial charge in [-0.15, -0.1) is 10.2 Å². The van der Waals surface area contributed by atoms with E-state index >= 15 is 0 Å². The number of aryl methyl sites for hydroxylation is 3. The van der Waals surface area contributed by atoms with Crippen LogP contribution in [0.2, 0.25) is 0 Å². The van der Waals surface area contributed by atoms with Gasteiger partial charge in [-0.2, -0.15) is 15.5 Å². The first-order chi connectivity index (χ1) is 10.1. The van der Waals surface area contributed by atoms with Crippen LogP contribution in [0.1, 0.15) is 31.0 Å². The number of nitriles is 1. The van der Waals surface area contributed by atoms with E-state index in [2.05, 4.69) is 33.4 Å². The van der Waals surface area contributed by atoms with Crippen LogP contribution in [-0.2, 0) is 13.6 Å². The Kier molecular flexibility index (Phi) is 4.33. The van der Waals surface area contributed by atoms with Gasteiger partial charge in [0.15, 0.2) is 11.5 Å². The minimum absolute atomic E-state index is 0.398. The van der Waals surface area contributed by atoms with E-state index < -0.39 is 0 Å². The molecule has 0 bridgehead atoms. The van der Waals surface area contributed by atoms with Crippen molar-refractivity contribution in [2.24, 2.45) is 17.3 Å². The Labute approximate surface area is 122 Å². The molecule has 0 unspecified atom stereocenters. The number of azo groups is 1. The summed E-state index contributed by atoms with van der Waals surface area (Å²) in [6, 6.07) is 2.07. The standard InChI is InChI=1S/C13H18N8/c1-4-5-6-21-13(10(7-14)8-16-21)18-17-11-9(2)19-20(3)12(11)15/h8H,4-6,15H2,1-3H3. The molecule has 0 atom stereocenters. The predicted molar refractivity (Wildman–Crippen MR) is 78.4 cm³/mol. The fourth-order valence-corrected chi connectivity index (χ4v) is 1.92. The quantitative estimate of drug-likeness (QED) is 0.851. The van der Waals surface area contributed by atoms with Gasteiger partial charge in [-0.05, 0) is 13.3 Å². The number of hydrogen-bond donors (Lipinski definition) is 1. The molecule has 21 heavy (non-hydrogen) atoms. The van der Waals surface area contributed by atoms with E-state index in [-0.39, 0.29) is 0 Å². The Balaban J connectivity index is 2.36. The fraction of sp³-hybridized carbons (Fsp3) is 0.462. The van der Waals surface area contributed by atoms with E-state index in [1.807, 2.05) is 6.92 Å². The SMILES string of the molecule is CCCCn1ncc(C#N)c1N=Nc1c(C)nn(C)c1N. The summed E-state index contributed by atoms with van der Waals surface area (Å²) in [6.07, 6.45) is 3.50. The number of nitrogens with two attached hydrogens (primary N) is 1. The minimum atomic E-state index is 0.398. The molecule has 8 nitrogen and oxygen atoms in total. The molecule has 2 aromatic heterocycles. The highest BCUT2D eigenvalue weighted by Gasteiger charge is 2.12. The van der Waals surface area contributed by atoms with Gasteiger partial charge in [0.05, 0.1) is 11.9 Å². The van der Waals surface area contributed by atoms with Crippen molar-refractivity contribution < 1.29 is 0 Å². The second-order valence-electron chi connectivity index (χ2n) is 4.71. The number of unbranched alkanes of at least 4 members (excludes halogenated alkanes) is 1. The number of anilines is 1. The second-order valence-corrected chi connectivity index (χ2v) is 4.71. The molecular weight excluding hydrogens is 268 g/mol. The number of nitrogens with zero attached hydrogens (tertiary/aromatic N) is 7. The summed E-state index contributed by atoms with van der Waals surface area (Å²) in [4.78, 5) is 0. The molecule has 2 heterocycles. The molecule has 2 rings (SSSR count). The van der Waals surface area contributed by atoms with Gasteiger partial charge >= 0.3 is 0 Å². The van der Waals surface area contributed by atoms with E-state index in [0.717, 1.165) is 12.8 Å². The lowest BCUT2D eigenvalue weighted by Crippen LogP contribution is -1.99. The van der Waals surface area contributed by atoms with Crippen LogP contribution in [0.25, 0.3) is 0 Å². The van der Waals surface area contributed by atoms with E-state index in [1.165, 1.54) is 6.20 Å². The predicted octanol–water partition coefficient (Wildman–Crippen LogP) is 2.59. The monoisotopic (exact) mass is 286 g/mol. The third-order valence-electron chi connectivity index (χ3n) is 3.13. The summed E-state index contributed by atoms with van der Waals surface area (Å²) in [6.45, 7) is 4.61. The third kappa shape index (κ3) is 2.91. The number of hydrogen-bond acceptors (Lipinski definition) is 6. The zero-order chi connectivity index (χ0) is 15.4. The summed E-state index contributed by atoms with van der Waals surface area (Å²) >= 11 is 0. The number of aromatic nitrogens is 4. The van der Waals surface area contributed by atoms with Crippen LogP contribution in [0.5, 0.6) is 0 Å². The highest BCUT2D eigenvalue weighted by molar-refractivity contribution is 5.61. The molecule has 110 valence electrons. The Hall–Kier alpha value is -2.69. The average molecular weight is 286 g/mol. The van der Waals surface area contributed by atoms with Crippen LogP contribution < -0.4 is 5.73 Å². The van der Waals surface area contributed by atoms with Gasteiger partial charge in [-0.3, -0.25) is 4.68 Å². The van der Waals surface area contributed by atoms with Crippen LogP contribution in [0, 0.1) is 18.3 Å². The summed E-state index contributed by atoms with van der Waals surface area (Å²) in [5.74, 6) is 0.892. The normalized spacial score (nSPS) is 11.1. The molecule has 8 heteroatoms. The van der Waals surface area contributed by atoms with Crippen LogP contribution in [-0.4, -0.2) is 19.6 Å². The van der Waals surface area contributed by atoms with Gasteiger partial charge in [-0.25, -0.2) is 4.68 Å². The zero-order valence-corrected chi connectivity index (χ0v) is 12.4. The number of rotatable bonds is 5. The van der Waals surface area contributed by atoms with Crippen molar-refractivity contribution in [1.29, 1.82) is 5.26 Å². The van der Waals surface area contributed by atoms with Crippen molar-refractivity contribution in [1.82, 2.24) is 19.6 Å². The maximum Gasteiger partial charge on any atom is 0.191 e. The summed E-state index contributed by atoms with van der Waals surface area (Å²) < 4.78 is 3.23. The van der Waals surface area contributed by atoms with E-state index in [0.29, 0.717) is 35.1 Å². The van der Waals surface area contributed by atoms with E-state index in [1.54, 1.807) is 16.4 Å². The molecule has 2 aromatic rings. The lowest BCUT2D eigenvalue weighted by Gasteiger charge is -2.01. The van der Waals surface area contributed by atoms with Crippen molar-refractivity contribution in [2.45, 2.75) is 33.2 Å². The maximum absolute atomic E-state index is 9.12. The van der Waals surface area contributed by atoms with Crippen molar-refractivity contribution in [3.05, 3.63) is 17.5 Å². The molecule has 0 aliphatic heterocycles. The average Bonchev–Trinajstić information content (AvgIpc) is 2.96. The van der Waals surface area contributed by atoms with Crippen molar-refractivity contribution in [3.8, 4) is 6.07 Å². The lowest BCUT2D eigenvalue weighted by atomic mass is 10.3. The molecular formula is C13H18N8. The summed E-state index contributed by atoms with van der Waals surface area (Å²) in [5.41, 5.74) is 7.50. The van der Waals surface area contributed by atoms with Gasteiger partial charge in [0.1, 0.15) is 17.5 Å². The smallest absolute Gasteiger partial charge is 0.191 e. The van der Waals surface area contributed by atoms with Crippen LogP contribution >= 0.6 is 0 Å². The molecule has 0 aliphatic rings. The molecule has 0 aromatic carbocycles. The lowest BCUT2D eigenvalue weighted by molar-refractivity contribution is 0.573. The molecule has 0 amide bonds. The largest absolute Gasteiger partial charge is 0.382 e. The van der Waals surface area contributed by atoms with Crippen molar-refractivity contribution in [3.63, 3.8) is 0 Å². The minimum Gasteiger partial charge on any atom is -0.382 e. The van der Waals surface area contributed by atoms with Crippen LogP contribution in [0.3, 0.4) is 0 Å². The molecule has 0 saturated heterocycles. The first-order valence-electron chi connectivity index (χ1n) is 6.75. The van der Waals surface area contributed by atoms with Crippen LogP contribution in [0.4, 0.5) is 17.3 Å². The zero-order valence-electron chi connectivity index (χ0n) is 12.4. The molecule has 0 spiro atoms. The first-order valence-corrected chi connectivity index (χ1v) is 6.75. The van der Waals surface area contributed by atoms with Crippen LogP contribution in [0.15, 0.2) is 16.4 Å². The van der Waals surface area contributed by atoms with Crippen molar-refractivity contribution in [2.75, 3.05) is 5.73 Å². The topological polar surface area (TPSA) is 110 Å². The fourth-order valence-electron chi connectivity index (χ4n) is 1.92. The molecule has 2 N–H and O–H groups in total. The third-order valence-corrected chi connectivity index (χ3v) is 3.13. The molecule has 0 radical (unpaired) electrons. The highest BCUT2D eigenvalue weighted by atomic mass is 15.4. The summed E-state index contributed by atoms with van der Waals surface area (Å²) in [5, 5.41) is 25.8. The molecule has 0 aliphatic carbocycles. The second kappa shape index (κ2) is 6.17. The van der Waals surface area contributed by atoms with Gasteiger partial charge < -0.3 is 5.73 Å². The maximum atomic E-state index is 9.12. The Morgan fingerprint density at radius 1 is 1.43 bits per heavy atom. The highest BCUT2D eigenvalue weighted by Crippen LogP contribution is 2.28. The van der Waals surface area contributed by atoms with Gasteiger partial charge in [0, 0.05) is 13.6 Å². The van der Waals surface area contributed by atoms with Gasteiger partial charge in [0.2, 0.25) is 0 Å².